The van der Waals surface area contributed by atoms with Crippen LogP contribution >= 0.6 is 0 Å². The molecule has 5 heteroatoms. The molecule has 0 aromatic heterocycles. The van der Waals surface area contributed by atoms with Gasteiger partial charge in [-0.15, -0.1) is 0 Å². The first-order chi connectivity index (χ1) is 16.0. The number of carboxylic acid groups (broad SMARTS) is 1. The number of carboxylic acids is 1. The van der Waals surface area contributed by atoms with Crippen LogP contribution < -0.4 is 5.32 Å². The molecule has 3 aromatic carbocycles. The lowest BCUT2D eigenvalue weighted by molar-refractivity contribution is -0.132. The lowest BCUT2D eigenvalue weighted by Gasteiger charge is -2.39. The number of carbonyl (C=O) groups excluding carboxylic acids is 1. The van der Waals surface area contributed by atoms with Gasteiger partial charge >= 0.3 is 5.97 Å². The molecule has 1 heterocycles. The highest BCUT2D eigenvalue weighted by Gasteiger charge is 2.32. The Morgan fingerprint density at radius 2 is 1.76 bits per heavy atom. The maximum Gasteiger partial charge on any atom is 0.328 e. The van der Waals surface area contributed by atoms with E-state index in [1.807, 2.05) is 18.2 Å². The van der Waals surface area contributed by atoms with E-state index >= 15 is 0 Å². The van der Waals surface area contributed by atoms with Crippen molar-refractivity contribution in [2.24, 2.45) is 5.92 Å². The summed E-state index contributed by atoms with van der Waals surface area (Å²) in [5.41, 5.74) is 2.50. The third-order valence-electron chi connectivity index (χ3n) is 6.64. The van der Waals surface area contributed by atoms with Gasteiger partial charge in [0.1, 0.15) is 0 Å². The minimum atomic E-state index is -1.11. The van der Waals surface area contributed by atoms with Crippen molar-refractivity contribution in [3.8, 4) is 0 Å². The molecule has 0 bridgehead atoms. The fourth-order valence-corrected chi connectivity index (χ4v) is 4.84. The minimum Gasteiger partial charge on any atom is -0.478 e. The molecule has 1 aliphatic heterocycles. The fraction of sp³-hybridized carbons (Fsp3) is 0.286. The average molecular weight is 443 g/mol. The van der Waals surface area contributed by atoms with Crippen molar-refractivity contribution in [3.05, 3.63) is 96.1 Å². The summed E-state index contributed by atoms with van der Waals surface area (Å²) >= 11 is 0. The van der Waals surface area contributed by atoms with Crippen molar-refractivity contribution in [2.45, 2.75) is 25.3 Å². The second kappa shape index (κ2) is 10.5. The standard InChI is InChI=1S/C28H30N2O3/c1-20(24-13-7-11-21-10-5-6-12-25(21)24)29-18-23-16-17-30(27(31)14-15-28(32)33)19-26(23)22-8-3-2-4-9-22/h2-15,20,23,26,29H,16-19H2,1H3,(H,32,33)/b15-14+/t20-,23?,26?/m1/s1. The molecule has 0 aliphatic carbocycles. The van der Waals surface area contributed by atoms with Gasteiger partial charge in [0, 0.05) is 37.2 Å². The van der Waals surface area contributed by atoms with Gasteiger partial charge in [-0.25, -0.2) is 4.79 Å². The van der Waals surface area contributed by atoms with E-state index in [0.717, 1.165) is 25.1 Å². The Hall–Kier alpha value is -3.44. The van der Waals surface area contributed by atoms with Crippen molar-refractivity contribution in [1.29, 1.82) is 0 Å². The molecule has 170 valence electrons. The predicted molar refractivity (Wildman–Crippen MR) is 131 cm³/mol. The highest BCUT2D eigenvalue weighted by atomic mass is 16.4. The molecule has 2 unspecified atom stereocenters. The average Bonchev–Trinajstić information content (AvgIpc) is 2.86. The molecule has 5 nitrogen and oxygen atoms in total. The molecule has 33 heavy (non-hydrogen) atoms. The van der Waals surface area contributed by atoms with Crippen LogP contribution in [0.5, 0.6) is 0 Å². The summed E-state index contributed by atoms with van der Waals surface area (Å²) in [5.74, 6) is -0.787. The van der Waals surface area contributed by atoms with Crippen LogP contribution in [-0.4, -0.2) is 41.5 Å². The molecule has 3 atom stereocenters. The van der Waals surface area contributed by atoms with Gasteiger partial charge in [-0.05, 0) is 47.7 Å². The number of hydrogen-bond donors (Lipinski definition) is 2. The maximum atomic E-state index is 12.5. The van der Waals surface area contributed by atoms with Gasteiger partial charge in [0.05, 0.1) is 0 Å². The van der Waals surface area contributed by atoms with E-state index in [2.05, 4.69) is 66.8 Å². The largest absolute Gasteiger partial charge is 0.478 e. The fourth-order valence-electron chi connectivity index (χ4n) is 4.84. The first kappa shape index (κ1) is 22.7. The number of rotatable bonds is 7. The number of hydrogen-bond acceptors (Lipinski definition) is 3. The van der Waals surface area contributed by atoms with Gasteiger partial charge < -0.3 is 15.3 Å². The Morgan fingerprint density at radius 3 is 2.55 bits per heavy atom. The van der Waals surface area contributed by atoms with E-state index in [4.69, 9.17) is 5.11 Å². The third kappa shape index (κ3) is 5.49. The lowest BCUT2D eigenvalue weighted by Crippen LogP contribution is -2.45. The summed E-state index contributed by atoms with van der Waals surface area (Å²) in [7, 11) is 0. The molecule has 1 saturated heterocycles. The van der Waals surface area contributed by atoms with Crippen molar-refractivity contribution in [3.63, 3.8) is 0 Å². The van der Waals surface area contributed by atoms with Crippen LogP contribution in [0.4, 0.5) is 0 Å². The van der Waals surface area contributed by atoms with Crippen molar-refractivity contribution < 1.29 is 14.7 Å². The second-order valence-electron chi connectivity index (χ2n) is 8.72. The van der Waals surface area contributed by atoms with E-state index in [9.17, 15) is 9.59 Å². The molecule has 1 aliphatic rings. The Bertz CT molecular complexity index is 1140. The van der Waals surface area contributed by atoms with Crippen LogP contribution in [0.15, 0.2) is 84.9 Å². The Morgan fingerprint density at radius 1 is 1.03 bits per heavy atom. The SMILES string of the molecule is C[C@@H](NCC1CCN(C(=O)/C=C/C(=O)O)CC1c1ccccc1)c1cccc2ccccc12. The van der Waals surface area contributed by atoms with Gasteiger partial charge in [-0.2, -0.15) is 0 Å². The van der Waals surface area contributed by atoms with Crippen LogP contribution in [0.25, 0.3) is 10.8 Å². The molecule has 0 radical (unpaired) electrons. The number of likely N-dealkylation sites (tertiary alicyclic amines) is 1. The quantitative estimate of drug-likeness (QED) is 0.518. The van der Waals surface area contributed by atoms with Gasteiger partial charge in [0.15, 0.2) is 0 Å². The van der Waals surface area contributed by atoms with Crippen LogP contribution in [0, 0.1) is 5.92 Å². The van der Waals surface area contributed by atoms with E-state index in [0.29, 0.717) is 19.0 Å². The molecule has 2 N–H and O–H groups in total. The van der Waals surface area contributed by atoms with E-state index in [-0.39, 0.29) is 17.9 Å². The van der Waals surface area contributed by atoms with Crippen LogP contribution in [0.1, 0.15) is 36.4 Å². The van der Waals surface area contributed by atoms with Gasteiger partial charge in [0.2, 0.25) is 5.91 Å². The zero-order valence-corrected chi connectivity index (χ0v) is 18.9. The normalized spacial score (nSPS) is 19.6. The monoisotopic (exact) mass is 442 g/mol. The molecule has 3 aromatic rings. The summed E-state index contributed by atoms with van der Waals surface area (Å²) in [5, 5.41) is 15.1. The molecule has 0 saturated carbocycles. The van der Waals surface area contributed by atoms with Crippen LogP contribution in [-0.2, 0) is 9.59 Å². The van der Waals surface area contributed by atoms with Crippen molar-refractivity contribution >= 4 is 22.6 Å². The molecule has 4 rings (SSSR count). The molecular weight excluding hydrogens is 412 g/mol. The molecule has 0 spiro atoms. The molecular formula is C28H30N2O3. The number of amides is 1. The second-order valence-corrected chi connectivity index (χ2v) is 8.72. The lowest BCUT2D eigenvalue weighted by atomic mass is 9.80. The number of carbonyl (C=O) groups is 2. The molecule has 1 amide bonds. The molecule has 1 fully saturated rings. The zero-order chi connectivity index (χ0) is 23.2. The highest BCUT2D eigenvalue weighted by molar-refractivity contribution is 5.94. The van der Waals surface area contributed by atoms with Crippen LogP contribution in [0.2, 0.25) is 0 Å². The smallest absolute Gasteiger partial charge is 0.328 e. The van der Waals surface area contributed by atoms with Gasteiger partial charge in [-0.1, -0.05) is 72.8 Å². The number of aliphatic carboxylic acids is 1. The van der Waals surface area contributed by atoms with Crippen molar-refractivity contribution in [1.82, 2.24) is 10.2 Å². The van der Waals surface area contributed by atoms with Gasteiger partial charge in [0.25, 0.3) is 0 Å². The summed E-state index contributed by atoms with van der Waals surface area (Å²) in [6, 6.07) is 25.4. The van der Waals surface area contributed by atoms with Crippen LogP contribution in [0.3, 0.4) is 0 Å². The third-order valence-corrected chi connectivity index (χ3v) is 6.64. The summed E-state index contributed by atoms with van der Waals surface area (Å²) in [6.07, 6.45) is 2.94. The minimum absolute atomic E-state index is 0.189. The summed E-state index contributed by atoms with van der Waals surface area (Å²) in [4.78, 5) is 25.1. The van der Waals surface area contributed by atoms with E-state index in [1.165, 1.54) is 21.9 Å². The Labute approximate surface area is 194 Å². The van der Waals surface area contributed by atoms with E-state index in [1.54, 1.807) is 4.90 Å². The highest BCUT2D eigenvalue weighted by Crippen LogP contribution is 2.33. The number of nitrogens with zero attached hydrogens (tertiary/aromatic N) is 1. The van der Waals surface area contributed by atoms with E-state index < -0.39 is 5.97 Å². The Balaban J connectivity index is 1.49. The first-order valence-electron chi connectivity index (χ1n) is 11.5. The van der Waals surface area contributed by atoms with Crippen molar-refractivity contribution in [2.75, 3.05) is 19.6 Å². The number of piperidine rings is 1. The maximum absolute atomic E-state index is 12.5. The summed E-state index contributed by atoms with van der Waals surface area (Å²) < 4.78 is 0. The van der Waals surface area contributed by atoms with Gasteiger partial charge in [-0.3, -0.25) is 4.79 Å². The summed E-state index contributed by atoms with van der Waals surface area (Å²) in [6.45, 7) is 4.26. The first-order valence-corrected chi connectivity index (χ1v) is 11.5. The topological polar surface area (TPSA) is 69.6 Å². The zero-order valence-electron chi connectivity index (χ0n) is 18.9. The number of benzene rings is 3. The Kier molecular flexibility index (Phi) is 7.20. The predicted octanol–water partition coefficient (Wildman–Crippen LogP) is 4.76. The number of nitrogens with one attached hydrogen (secondary N) is 1. The number of fused-ring (bicyclic) bond motifs is 1.